The molecule has 0 aliphatic carbocycles. The lowest BCUT2D eigenvalue weighted by atomic mass is 9.82. The Morgan fingerprint density at radius 2 is 2.00 bits per heavy atom. The first-order valence-electron chi connectivity index (χ1n) is 6.94. The molecule has 5 nitrogen and oxygen atoms in total. The van der Waals surface area contributed by atoms with Gasteiger partial charge in [0.1, 0.15) is 0 Å². The van der Waals surface area contributed by atoms with Crippen molar-refractivity contribution in [2.75, 3.05) is 6.54 Å². The topological polar surface area (TPSA) is 68.1 Å². The van der Waals surface area contributed by atoms with Crippen molar-refractivity contribution in [2.24, 2.45) is 11.3 Å². The van der Waals surface area contributed by atoms with Crippen molar-refractivity contribution in [1.29, 1.82) is 0 Å². The minimum absolute atomic E-state index is 0.181. The van der Waals surface area contributed by atoms with E-state index in [1.807, 2.05) is 0 Å². The molecule has 0 amide bonds. The molecule has 0 saturated heterocycles. The number of hydrogen-bond donors (Lipinski definition) is 1. The van der Waals surface area contributed by atoms with Gasteiger partial charge in [-0.25, -0.2) is 0 Å². The summed E-state index contributed by atoms with van der Waals surface area (Å²) < 4.78 is 0. The molecule has 1 heterocycles. The Labute approximate surface area is 121 Å². The van der Waals surface area contributed by atoms with Gasteiger partial charge in [0.25, 0.3) is 5.69 Å². The number of aromatic nitrogens is 1. The van der Waals surface area contributed by atoms with Gasteiger partial charge >= 0.3 is 0 Å². The SMILES string of the molecule is Cc1cnc(CNCC(C)C(C)(C)C)c(C)c1[N+](=O)[O-]. The minimum atomic E-state index is -0.326. The van der Waals surface area contributed by atoms with E-state index in [0.717, 1.165) is 12.2 Å². The van der Waals surface area contributed by atoms with E-state index in [0.29, 0.717) is 23.6 Å². The minimum Gasteiger partial charge on any atom is -0.311 e. The molecule has 1 rings (SSSR count). The maximum Gasteiger partial charge on any atom is 0.278 e. The molecule has 112 valence electrons. The number of aryl methyl sites for hydroxylation is 1. The van der Waals surface area contributed by atoms with Crippen LogP contribution in [0, 0.1) is 35.3 Å². The Bertz CT molecular complexity index is 493. The summed E-state index contributed by atoms with van der Waals surface area (Å²) in [6, 6.07) is 0. The lowest BCUT2D eigenvalue weighted by Gasteiger charge is -2.27. The highest BCUT2D eigenvalue weighted by molar-refractivity contribution is 5.47. The fourth-order valence-electron chi connectivity index (χ4n) is 1.94. The van der Waals surface area contributed by atoms with Gasteiger partial charge in [-0.1, -0.05) is 27.7 Å². The molecule has 1 aromatic rings. The molecule has 0 radical (unpaired) electrons. The maximum atomic E-state index is 11.1. The third-order valence-corrected chi connectivity index (χ3v) is 3.98. The summed E-state index contributed by atoms with van der Waals surface area (Å²) in [6.07, 6.45) is 1.58. The zero-order valence-corrected chi connectivity index (χ0v) is 13.3. The molecule has 0 spiro atoms. The van der Waals surface area contributed by atoms with Gasteiger partial charge in [0.05, 0.1) is 10.6 Å². The van der Waals surface area contributed by atoms with Crippen LogP contribution < -0.4 is 5.32 Å². The van der Waals surface area contributed by atoms with E-state index in [-0.39, 0.29) is 16.0 Å². The maximum absolute atomic E-state index is 11.1. The molecular formula is C15H25N3O2. The molecule has 20 heavy (non-hydrogen) atoms. The van der Waals surface area contributed by atoms with Gasteiger partial charge in [0, 0.05) is 23.9 Å². The monoisotopic (exact) mass is 279 g/mol. The Balaban J connectivity index is 2.75. The van der Waals surface area contributed by atoms with Crippen molar-refractivity contribution in [2.45, 2.75) is 48.1 Å². The number of nitrogens with one attached hydrogen (secondary N) is 1. The van der Waals surface area contributed by atoms with E-state index >= 15 is 0 Å². The highest BCUT2D eigenvalue weighted by Gasteiger charge is 2.21. The zero-order chi connectivity index (χ0) is 15.5. The van der Waals surface area contributed by atoms with E-state index in [9.17, 15) is 10.1 Å². The fraction of sp³-hybridized carbons (Fsp3) is 0.667. The Morgan fingerprint density at radius 3 is 2.50 bits per heavy atom. The first-order valence-corrected chi connectivity index (χ1v) is 6.94. The van der Waals surface area contributed by atoms with Gasteiger partial charge in [0.2, 0.25) is 0 Å². The molecule has 5 heteroatoms. The van der Waals surface area contributed by atoms with Crippen molar-refractivity contribution < 1.29 is 4.92 Å². The Hall–Kier alpha value is -1.49. The van der Waals surface area contributed by atoms with Gasteiger partial charge in [0.15, 0.2) is 0 Å². The van der Waals surface area contributed by atoms with E-state index in [4.69, 9.17) is 0 Å². The summed E-state index contributed by atoms with van der Waals surface area (Å²) in [4.78, 5) is 15.1. The van der Waals surface area contributed by atoms with Crippen LogP contribution in [0.5, 0.6) is 0 Å². The van der Waals surface area contributed by atoms with E-state index in [2.05, 4.69) is 38.0 Å². The average Bonchev–Trinajstić information content (AvgIpc) is 2.30. The first kappa shape index (κ1) is 16.6. The molecule has 1 unspecified atom stereocenters. The summed E-state index contributed by atoms with van der Waals surface area (Å²) >= 11 is 0. The lowest BCUT2D eigenvalue weighted by Crippen LogP contribution is -2.29. The van der Waals surface area contributed by atoms with Gasteiger partial charge in [-0.15, -0.1) is 0 Å². The zero-order valence-electron chi connectivity index (χ0n) is 13.3. The van der Waals surface area contributed by atoms with Crippen LogP contribution >= 0.6 is 0 Å². The molecule has 1 N–H and O–H groups in total. The van der Waals surface area contributed by atoms with Crippen LogP contribution in [-0.4, -0.2) is 16.5 Å². The van der Waals surface area contributed by atoms with Crippen LogP contribution in [0.3, 0.4) is 0 Å². The lowest BCUT2D eigenvalue weighted by molar-refractivity contribution is -0.386. The van der Waals surface area contributed by atoms with Crippen LogP contribution in [0.1, 0.15) is 44.5 Å². The third-order valence-electron chi connectivity index (χ3n) is 3.98. The molecule has 0 fully saturated rings. The summed E-state index contributed by atoms with van der Waals surface area (Å²) in [5.74, 6) is 0.517. The van der Waals surface area contributed by atoms with Crippen LogP contribution in [0.2, 0.25) is 0 Å². The highest BCUT2D eigenvalue weighted by Crippen LogP contribution is 2.25. The fourth-order valence-corrected chi connectivity index (χ4v) is 1.94. The predicted molar refractivity (Wildman–Crippen MR) is 80.7 cm³/mol. The molecule has 0 aliphatic rings. The van der Waals surface area contributed by atoms with Gasteiger partial charge < -0.3 is 5.32 Å². The van der Waals surface area contributed by atoms with Crippen LogP contribution in [0.15, 0.2) is 6.20 Å². The van der Waals surface area contributed by atoms with Crippen molar-refractivity contribution >= 4 is 5.69 Å². The van der Waals surface area contributed by atoms with Gasteiger partial charge in [-0.05, 0) is 31.7 Å². The van der Waals surface area contributed by atoms with E-state index < -0.39 is 0 Å². The predicted octanol–water partition coefficient (Wildman–Crippen LogP) is 3.38. The smallest absolute Gasteiger partial charge is 0.278 e. The Kier molecular flexibility index (Phi) is 5.22. The largest absolute Gasteiger partial charge is 0.311 e. The molecule has 0 aromatic carbocycles. The molecule has 0 bridgehead atoms. The second kappa shape index (κ2) is 6.31. The third kappa shape index (κ3) is 4.00. The molecule has 0 saturated carbocycles. The number of nitrogens with zero attached hydrogens (tertiary/aromatic N) is 2. The normalized spacial score (nSPS) is 13.3. The number of nitro groups is 1. The number of hydrogen-bond acceptors (Lipinski definition) is 4. The average molecular weight is 279 g/mol. The van der Waals surface area contributed by atoms with Gasteiger partial charge in [-0.3, -0.25) is 15.1 Å². The number of rotatable bonds is 5. The molecular weight excluding hydrogens is 254 g/mol. The quantitative estimate of drug-likeness (QED) is 0.662. The van der Waals surface area contributed by atoms with E-state index in [1.54, 1.807) is 20.0 Å². The summed E-state index contributed by atoms with van der Waals surface area (Å²) in [5, 5.41) is 14.4. The first-order chi connectivity index (χ1) is 9.14. The second-order valence-electron chi connectivity index (χ2n) is 6.52. The van der Waals surface area contributed by atoms with Crippen LogP contribution in [0.4, 0.5) is 5.69 Å². The summed E-state index contributed by atoms with van der Waals surface area (Å²) in [7, 11) is 0. The van der Waals surface area contributed by atoms with Gasteiger partial charge in [-0.2, -0.15) is 0 Å². The highest BCUT2D eigenvalue weighted by atomic mass is 16.6. The molecule has 0 aliphatic heterocycles. The Morgan fingerprint density at radius 1 is 1.40 bits per heavy atom. The van der Waals surface area contributed by atoms with Crippen molar-refractivity contribution in [3.8, 4) is 0 Å². The molecule has 1 atom stereocenters. The molecule has 1 aromatic heterocycles. The van der Waals surface area contributed by atoms with Crippen molar-refractivity contribution in [3.63, 3.8) is 0 Å². The van der Waals surface area contributed by atoms with Crippen molar-refractivity contribution in [3.05, 3.63) is 33.1 Å². The summed E-state index contributed by atoms with van der Waals surface area (Å²) in [5.41, 5.74) is 2.45. The number of pyridine rings is 1. The standard InChI is InChI=1S/C15H25N3O2/c1-10-7-17-13(12(3)14(10)18(19)20)9-16-8-11(2)15(4,5)6/h7,11,16H,8-9H2,1-6H3. The van der Waals surface area contributed by atoms with E-state index in [1.165, 1.54) is 0 Å². The summed E-state index contributed by atoms with van der Waals surface area (Å²) in [6.45, 7) is 13.7. The van der Waals surface area contributed by atoms with Crippen molar-refractivity contribution in [1.82, 2.24) is 10.3 Å². The van der Waals surface area contributed by atoms with Crippen LogP contribution in [0.25, 0.3) is 0 Å². The van der Waals surface area contributed by atoms with Crippen LogP contribution in [-0.2, 0) is 6.54 Å². The second-order valence-corrected chi connectivity index (χ2v) is 6.52.